The van der Waals surface area contributed by atoms with Gasteiger partial charge in [-0.3, -0.25) is 0 Å². The number of thiocarbonyl (C=S) groups is 1. The monoisotopic (exact) mass is 424 g/mol. The molecule has 2 aromatic carbocycles. The van der Waals surface area contributed by atoms with E-state index < -0.39 is 0 Å². The van der Waals surface area contributed by atoms with Crippen molar-refractivity contribution in [1.82, 2.24) is 5.32 Å². The highest BCUT2D eigenvalue weighted by molar-refractivity contribution is 9.10. The first kappa shape index (κ1) is 19.2. The minimum atomic E-state index is 0.116. The molecule has 0 bridgehead atoms. The molecule has 0 aliphatic carbocycles. The van der Waals surface area contributed by atoms with Crippen molar-refractivity contribution in [3.05, 3.63) is 63.1 Å². The molecule has 0 saturated carbocycles. The second-order valence-electron chi connectivity index (χ2n) is 6.82. The summed E-state index contributed by atoms with van der Waals surface area (Å²) in [6.45, 7) is 8.73. The molecule has 1 unspecified atom stereocenters. The topological polar surface area (TPSA) is 24.1 Å². The predicted molar refractivity (Wildman–Crippen MR) is 112 cm³/mol. The lowest BCUT2D eigenvalue weighted by Gasteiger charge is -2.21. The molecule has 2 nitrogen and oxygen atoms in total. The van der Waals surface area contributed by atoms with Gasteiger partial charge in [0.05, 0.1) is 11.1 Å². The highest BCUT2D eigenvalue weighted by atomic mass is 79.9. The Bertz CT molecular complexity index is 723. The SMILES string of the molecule is CC(NC(=S)Nc1ccc(Br)c(Cl)c1)c1ccc(C(C)(C)C)cc1. The summed E-state index contributed by atoms with van der Waals surface area (Å²) in [6, 6.07) is 14.4. The van der Waals surface area contributed by atoms with Crippen LogP contribution in [0, 0.1) is 0 Å². The maximum absolute atomic E-state index is 6.10. The molecule has 0 radical (unpaired) electrons. The number of halogens is 2. The second kappa shape index (κ2) is 7.85. The van der Waals surface area contributed by atoms with Crippen molar-refractivity contribution in [2.45, 2.75) is 39.2 Å². The minimum Gasteiger partial charge on any atom is -0.356 e. The Morgan fingerprint density at radius 3 is 2.29 bits per heavy atom. The third-order valence-electron chi connectivity index (χ3n) is 3.80. The average Bonchev–Trinajstić information content (AvgIpc) is 2.50. The zero-order valence-electron chi connectivity index (χ0n) is 14.3. The lowest BCUT2D eigenvalue weighted by Crippen LogP contribution is -2.30. The summed E-state index contributed by atoms with van der Waals surface area (Å²) in [4.78, 5) is 0. The van der Waals surface area contributed by atoms with Gasteiger partial charge in [-0.05, 0) is 69.8 Å². The minimum absolute atomic E-state index is 0.116. The van der Waals surface area contributed by atoms with Gasteiger partial charge in [0, 0.05) is 10.2 Å². The van der Waals surface area contributed by atoms with E-state index in [1.54, 1.807) is 0 Å². The van der Waals surface area contributed by atoms with Crippen molar-refractivity contribution < 1.29 is 0 Å². The number of hydrogen-bond donors (Lipinski definition) is 2. The van der Waals surface area contributed by atoms with Crippen molar-refractivity contribution in [3.63, 3.8) is 0 Å². The number of nitrogens with one attached hydrogen (secondary N) is 2. The fourth-order valence-corrected chi connectivity index (χ4v) is 3.01. The molecule has 0 amide bonds. The quantitative estimate of drug-likeness (QED) is 0.553. The zero-order valence-corrected chi connectivity index (χ0v) is 17.4. The molecule has 0 spiro atoms. The molecule has 1 atom stereocenters. The van der Waals surface area contributed by atoms with E-state index in [-0.39, 0.29) is 11.5 Å². The van der Waals surface area contributed by atoms with Crippen molar-refractivity contribution >= 4 is 50.5 Å². The molecule has 0 aliphatic heterocycles. The Morgan fingerprint density at radius 2 is 1.75 bits per heavy atom. The number of benzene rings is 2. The molecule has 5 heteroatoms. The van der Waals surface area contributed by atoms with E-state index in [0.717, 1.165) is 10.2 Å². The van der Waals surface area contributed by atoms with Gasteiger partial charge in [0.25, 0.3) is 0 Å². The maximum atomic E-state index is 6.10. The van der Waals surface area contributed by atoms with E-state index >= 15 is 0 Å². The summed E-state index contributed by atoms with van der Waals surface area (Å²) in [5, 5.41) is 7.68. The van der Waals surface area contributed by atoms with Crippen LogP contribution in [-0.4, -0.2) is 5.11 Å². The lowest BCUT2D eigenvalue weighted by molar-refractivity contribution is 0.589. The van der Waals surface area contributed by atoms with Gasteiger partial charge in [0.1, 0.15) is 0 Å². The Labute approximate surface area is 163 Å². The van der Waals surface area contributed by atoms with Crippen LogP contribution in [0.25, 0.3) is 0 Å². The van der Waals surface area contributed by atoms with Gasteiger partial charge in [-0.1, -0.05) is 56.6 Å². The summed E-state index contributed by atoms with van der Waals surface area (Å²) in [6.07, 6.45) is 0. The molecular formula is C19H22BrClN2S. The molecule has 0 heterocycles. The van der Waals surface area contributed by atoms with Gasteiger partial charge in [-0.2, -0.15) is 0 Å². The zero-order chi connectivity index (χ0) is 17.9. The van der Waals surface area contributed by atoms with Crippen molar-refractivity contribution in [2.24, 2.45) is 0 Å². The highest BCUT2D eigenvalue weighted by Gasteiger charge is 2.14. The smallest absolute Gasteiger partial charge is 0.171 e. The standard InChI is InChI=1S/C19H22BrClN2S/c1-12(13-5-7-14(8-6-13)19(2,3)4)22-18(24)23-15-9-10-16(20)17(21)11-15/h5-12H,1-4H3,(H2,22,23,24). The molecular weight excluding hydrogens is 404 g/mol. The summed E-state index contributed by atoms with van der Waals surface area (Å²) in [5.74, 6) is 0. The van der Waals surface area contributed by atoms with Crippen LogP contribution in [0.1, 0.15) is 44.9 Å². The first-order chi connectivity index (χ1) is 11.2. The van der Waals surface area contributed by atoms with E-state index in [2.05, 4.69) is 78.5 Å². The molecule has 0 aliphatic rings. The van der Waals surface area contributed by atoms with Crippen molar-refractivity contribution in [3.8, 4) is 0 Å². The molecule has 2 N–H and O–H groups in total. The summed E-state index contributed by atoms with van der Waals surface area (Å²) in [5.41, 5.74) is 3.54. The van der Waals surface area contributed by atoms with Gasteiger partial charge < -0.3 is 10.6 Å². The molecule has 24 heavy (non-hydrogen) atoms. The van der Waals surface area contributed by atoms with Crippen LogP contribution in [0.4, 0.5) is 5.69 Å². The average molecular weight is 426 g/mol. The summed E-state index contributed by atoms with van der Waals surface area (Å²) in [7, 11) is 0. The van der Waals surface area contributed by atoms with Crippen LogP contribution < -0.4 is 10.6 Å². The Hall–Kier alpha value is -1.10. The fourth-order valence-electron chi connectivity index (χ4n) is 2.29. The van der Waals surface area contributed by atoms with Crippen molar-refractivity contribution in [2.75, 3.05) is 5.32 Å². The van der Waals surface area contributed by atoms with E-state index in [0.29, 0.717) is 10.1 Å². The van der Waals surface area contributed by atoms with Crippen LogP contribution >= 0.6 is 39.7 Å². The Balaban J connectivity index is 1.99. The third-order valence-corrected chi connectivity index (χ3v) is 5.25. The van der Waals surface area contributed by atoms with Gasteiger partial charge in [0.2, 0.25) is 0 Å². The first-order valence-corrected chi connectivity index (χ1v) is 9.38. The molecule has 2 aromatic rings. The highest BCUT2D eigenvalue weighted by Crippen LogP contribution is 2.26. The molecule has 2 rings (SSSR count). The van der Waals surface area contributed by atoms with Crippen LogP contribution in [0.15, 0.2) is 46.9 Å². The van der Waals surface area contributed by atoms with Crippen LogP contribution in [0.3, 0.4) is 0 Å². The summed E-state index contributed by atoms with van der Waals surface area (Å²) < 4.78 is 0.862. The molecule has 0 saturated heterocycles. The van der Waals surface area contributed by atoms with Crippen LogP contribution in [-0.2, 0) is 5.41 Å². The normalized spacial score (nSPS) is 12.6. The Morgan fingerprint density at radius 1 is 1.12 bits per heavy atom. The Kier molecular flexibility index (Phi) is 6.29. The van der Waals surface area contributed by atoms with Crippen LogP contribution in [0.2, 0.25) is 5.02 Å². The van der Waals surface area contributed by atoms with Crippen LogP contribution in [0.5, 0.6) is 0 Å². The summed E-state index contributed by atoms with van der Waals surface area (Å²) >= 11 is 14.9. The van der Waals surface area contributed by atoms with E-state index in [9.17, 15) is 0 Å². The maximum Gasteiger partial charge on any atom is 0.171 e. The second-order valence-corrected chi connectivity index (χ2v) is 8.49. The largest absolute Gasteiger partial charge is 0.356 e. The lowest BCUT2D eigenvalue weighted by atomic mass is 9.86. The third kappa shape index (κ3) is 5.20. The predicted octanol–water partition coefficient (Wildman–Crippen LogP) is 6.45. The number of hydrogen-bond acceptors (Lipinski definition) is 1. The van der Waals surface area contributed by atoms with Gasteiger partial charge in [0.15, 0.2) is 5.11 Å². The van der Waals surface area contributed by atoms with E-state index in [1.165, 1.54) is 11.1 Å². The number of anilines is 1. The number of rotatable bonds is 3. The van der Waals surface area contributed by atoms with E-state index in [4.69, 9.17) is 23.8 Å². The fraction of sp³-hybridized carbons (Fsp3) is 0.316. The molecule has 0 aromatic heterocycles. The molecule has 128 valence electrons. The van der Waals surface area contributed by atoms with E-state index in [1.807, 2.05) is 18.2 Å². The van der Waals surface area contributed by atoms with Gasteiger partial charge >= 0.3 is 0 Å². The van der Waals surface area contributed by atoms with Gasteiger partial charge in [-0.15, -0.1) is 0 Å². The first-order valence-electron chi connectivity index (χ1n) is 7.80. The van der Waals surface area contributed by atoms with Gasteiger partial charge in [-0.25, -0.2) is 0 Å². The molecule has 0 fully saturated rings. The van der Waals surface area contributed by atoms with Crippen molar-refractivity contribution in [1.29, 1.82) is 0 Å².